The second-order valence-electron chi connectivity index (χ2n) is 7.04. The molecule has 0 radical (unpaired) electrons. The van der Waals surface area contributed by atoms with Gasteiger partial charge in [-0.2, -0.15) is 0 Å². The first-order valence-corrected chi connectivity index (χ1v) is 10.4. The molecule has 2 aromatic carbocycles. The summed E-state index contributed by atoms with van der Waals surface area (Å²) in [5, 5.41) is 3.48. The molecule has 0 aliphatic carbocycles. The summed E-state index contributed by atoms with van der Waals surface area (Å²) in [6.07, 6.45) is 3.95. The number of hydrogen-bond acceptors (Lipinski definition) is 4. The molecule has 164 valence electrons. The van der Waals surface area contributed by atoms with E-state index in [1.807, 2.05) is 6.07 Å². The molecule has 0 unspecified atom stereocenters. The van der Waals surface area contributed by atoms with Crippen LogP contribution in [0.1, 0.15) is 12.0 Å². The van der Waals surface area contributed by atoms with Gasteiger partial charge in [0.1, 0.15) is 11.5 Å². The third-order valence-corrected chi connectivity index (χ3v) is 5.28. The fraction of sp³-hybridized carbons (Fsp3) is 0.304. The lowest BCUT2D eigenvalue weighted by Crippen LogP contribution is -2.39. The molecule has 1 N–H and O–H groups in total. The van der Waals surface area contributed by atoms with E-state index < -0.39 is 0 Å². The van der Waals surface area contributed by atoms with E-state index in [0.29, 0.717) is 54.8 Å². The van der Waals surface area contributed by atoms with Crippen molar-refractivity contribution in [1.82, 2.24) is 9.80 Å². The van der Waals surface area contributed by atoms with Crippen LogP contribution in [0.25, 0.3) is 6.08 Å². The van der Waals surface area contributed by atoms with Gasteiger partial charge in [-0.1, -0.05) is 11.6 Å². The molecule has 1 fully saturated rings. The van der Waals surface area contributed by atoms with Crippen molar-refractivity contribution in [3.8, 4) is 11.5 Å². The Morgan fingerprint density at radius 2 is 1.68 bits per heavy atom. The first-order chi connectivity index (χ1) is 15.0. The van der Waals surface area contributed by atoms with Gasteiger partial charge in [0.05, 0.1) is 14.2 Å². The number of anilines is 1. The van der Waals surface area contributed by atoms with Crippen molar-refractivity contribution in [2.75, 3.05) is 45.7 Å². The number of hydrogen-bond donors (Lipinski definition) is 1. The van der Waals surface area contributed by atoms with Crippen LogP contribution < -0.4 is 14.8 Å². The van der Waals surface area contributed by atoms with E-state index in [4.69, 9.17) is 21.1 Å². The second kappa shape index (κ2) is 10.7. The number of carbonyl (C=O) groups is 2. The Morgan fingerprint density at radius 3 is 2.39 bits per heavy atom. The molecule has 2 aromatic rings. The van der Waals surface area contributed by atoms with Crippen molar-refractivity contribution in [3.05, 3.63) is 59.1 Å². The summed E-state index contributed by atoms with van der Waals surface area (Å²) < 4.78 is 10.6. The lowest BCUT2D eigenvalue weighted by Gasteiger charge is -2.22. The average Bonchev–Trinajstić information content (AvgIpc) is 3.05. The smallest absolute Gasteiger partial charge is 0.321 e. The van der Waals surface area contributed by atoms with Crippen LogP contribution in [0.5, 0.6) is 11.5 Å². The maximum Gasteiger partial charge on any atom is 0.321 e. The predicted molar refractivity (Wildman–Crippen MR) is 122 cm³/mol. The highest BCUT2D eigenvalue weighted by Crippen LogP contribution is 2.25. The first kappa shape index (κ1) is 22.5. The minimum Gasteiger partial charge on any atom is -0.497 e. The lowest BCUT2D eigenvalue weighted by atomic mass is 10.1. The van der Waals surface area contributed by atoms with Gasteiger partial charge >= 0.3 is 6.03 Å². The average molecular weight is 444 g/mol. The molecule has 1 aliphatic heterocycles. The number of carbonyl (C=O) groups excluding carboxylic acids is 2. The molecule has 1 heterocycles. The molecular weight excluding hydrogens is 418 g/mol. The monoisotopic (exact) mass is 443 g/mol. The maximum atomic E-state index is 12.7. The van der Waals surface area contributed by atoms with E-state index in [0.717, 1.165) is 5.56 Å². The molecule has 1 saturated heterocycles. The van der Waals surface area contributed by atoms with Gasteiger partial charge in [0.25, 0.3) is 0 Å². The minimum absolute atomic E-state index is 0.107. The van der Waals surface area contributed by atoms with Gasteiger partial charge in [-0.15, -0.1) is 0 Å². The Hall–Kier alpha value is -3.19. The third-order valence-electron chi connectivity index (χ3n) is 5.03. The summed E-state index contributed by atoms with van der Waals surface area (Å²) in [4.78, 5) is 28.7. The molecule has 3 amide bonds. The molecule has 0 spiro atoms. The van der Waals surface area contributed by atoms with Crippen molar-refractivity contribution < 1.29 is 19.1 Å². The lowest BCUT2D eigenvalue weighted by molar-refractivity contribution is -0.125. The topological polar surface area (TPSA) is 71.1 Å². The fourth-order valence-corrected chi connectivity index (χ4v) is 3.44. The summed E-state index contributed by atoms with van der Waals surface area (Å²) in [7, 11) is 3.17. The summed E-state index contributed by atoms with van der Waals surface area (Å²) in [6, 6.07) is 12.2. The van der Waals surface area contributed by atoms with Crippen LogP contribution in [0.2, 0.25) is 5.02 Å². The van der Waals surface area contributed by atoms with E-state index in [9.17, 15) is 9.59 Å². The molecule has 0 atom stereocenters. The van der Waals surface area contributed by atoms with Gasteiger partial charge in [-0.3, -0.25) is 4.79 Å². The van der Waals surface area contributed by atoms with Crippen LogP contribution in [0, 0.1) is 0 Å². The molecule has 0 aromatic heterocycles. The van der Waals surface area contributed by atoms with Crippen LogP contribution in [0.15, 0.2) is 48.5 Å². The van der Waals surface area contributed by atoms with Crippen LogP contribution in [-0.4, -0.2) is 62.1 Å². The zero-order chi connectivity index (χ0) is 22.2. The number of ether oxygens (including phenoxy) is 2. The molecule has 31 heavy (non-hydrogen) atoms. The van der Waals surface area contributed by atoms with E-state index in [2.05, 4.69) is 5.32 Å². The Balaban J connectivity index is 1.58. The van der Waals surface area contributed by atoms with Crippen molar-refractivity contribution in [2.45, 2.75) is 6.42 Å². The first-order valence-electron chi connectivity index (χ1n) is 10.0. The molecular formula is C23H26ClN3O4. The highest BCUT2D eigenvalue weighted by atomic mass is 35.5. The van der Waals surface area contributed by atoms with Crippen molar-refractivity contribution in [2.24, 2.45) is 0 Å². The number of nitrogens with zero attached hydrogens (tertiary/aromatic N) is 2. The van der Waals surface area contributed by atoms with Crippen molar-refractivity contribution >= 4 is 35.3 Å². The molecule has 8 heteroatoms. The van der Waals surface area contributed by atoms with Crippen LogP contribution in [-0.2, 0) is 4.79 Å². The molecule has 3 rings (SSSR count). The highest BCUT2D eigenvalue weighted by molar-refractivity contribution is 6.30. The van der Waals surface area contributed by atoms with Gasteiger partial charge in [-0.25, -0.2) is 4.79 Å². The number of amides is 3. The predicted octanol–water partition coefficient (Wildman–Crippen LogP) is 4.14. The Kier molecular flexibility index (Phi) is 7.78. The standard InChI is InChI=1S/C23H26ClN3O4/c1-30-20-9-10-21(31-2)17(16-20)4-11-22(28)26-12-3-13-27(15-14-26)23(29)25-19-7-5-18(24)6-8-19/h4-11,16H,3,12-15H2,1-2H3,(H,25,29)/b11-4+. The second-order valence-corrected chi connectivity index (χ2v) is 7.48. The fourth-order valence-electron chi connectivity index (χ4n) is 3.31. The van der Waals surface area contributed by atoms with Crippen molar-refractivity contribution in [3.63, 3.8) is 0 Å². The summed E-state index contributed by atoms with van der Waals surface area (Å²) in [5.74, 6) is 1.24. The number of rotatable bonds is 5. The normalized spacial score (nSPS) is 14.3. The largest absolute Gasteiger partial charge is 0.497 e. The summed E-state index contributed by atoms with van der Waals surface area (Å²) in [5.41, 5.74) is 1.44. The Labute approximate surface area is 187 Å². The molecule has 1 aliphatic rings. The number of urea groups is 1. The van der Waals surface area contributed by atoms with Gasteiger partial charge in [-0.05, 0) is 55.0 Å². The van der Waals surface area contributed by atoms with Gasteiger partial charge in [0, 0.05) is 48.5 Å². The Bertz CT molecular complexity index is 946. The van der Waals surface area contributed by atoms with E-state index >= 15 is 0 Å². The molecule has 0 bridgehead atoms. The molecule has 0 saturated carbocycles. The van der Waals surface area contributed by atoms with E-state index in [1.165, 1.54) is 6.08 Å². The van der Waals surface area contributed by atoms with Gasteiger partial charge < -0.3 is 24.6 Å². The van der Waals surface area contributed by atoms with Gasteiger partial charge in [0.15, 0.2) is 0 Å². The minimum atomic E-state index is -0.187. The number of methoxy groups -OCH3 is 2. The third kappa shape index (κ3) is 6.15. The summed E-state index contributed by atoms with van der Waals surface area (Å²) >= 11 is 5.88. The highest BCUT2D eigenvalue weighted by Gasteiger charge is 2.21. The zero-order valence-corrected chi connectivity index (χ0v) is 18.4. The number of halogens is 1. The zero-order valence-electron chi connectivity index (χ0n) is 17.6. The quantitative estimate of drug-likeness (QED) is 0.705. The maximum absolute atomic E-state index is 12.7. The van der Waals surface area contributed by atoms with Crippen LogP contribution in [0.4, 0.5) is 10.5 Å². The molecule has 7 nitrogen and oxygen atoms in total. The van der Waals surface area contributed by atoms with Crippen LogP contribution >= 0.6 is 11.6 Å². The number of nitrogens with one attached hydrogen (secondary N) is 1. The van der Waals surface area contributed by atoms with Gasteiger partial charge in [0.2, 0.25) is 5.91 Å². The Morgan fingerprint density at radius 1 is 0.968 bits per heavy atom. The van der Waals surface area contributed by atoms with E-state index in [-0.39, 0.29) is 11.9 Å². The SMILES string of the molecule is COc1ccc(OC)c(/C=C/C(=O)N2CCCN(C(=O)Nc3ccc(Cl)cc3)CC2)c1. The van der Waals surface area contributed by atoms with Crippen LogP contribution in [0.3, 0.4) is 0 Å². The van der Waals surface area contributed by atoms with E-state index in [1.54, 1.807) is 66.5 Å². The number of benzene rings is 2. The van der Waals surface area contributed by atoms with Crippen molar-refractivity contribution in [1.29, 1.82) is 0 Å². The summed E-state index contributed by atoms with van der Waals surface area (Å²) in [6.45, 7) is 2.09.